The van der Waals surface area contributed by atoms with Crippen LogP contribution in [0.25, 0.3) is 0 Å². The molecule has 4 bridgehead atoms. The first-order valence-electron chi connectivity index (χ1n) is 11.0. The van der Waals surface area contributed by atoms with Gasteiger partial charge in [-0.2, -0.15) is 0 Å². The first-order chi connectivity index (χ1) is 14.5. The van der Waals surface area contributed by atoms with E-state index in [0.29, 0.717) is 12.1 Å². The normalized spacial score (nSPS) is 29.2. The second-order valence-corrected chi connectivity index (χ2v) is 10.9. The SMILES string of the molecule is COc1cc(CNC23CC4CC(CC(C4)C2)C3)cc(Br)c1OCc1ccc(Cl)cc1. The molecular formula is C25H29BrClNO2. The summed E-state index contributed by atoms with van der Waals surface area (Å²) in [6.45, 7) is 1.34. The maximum atomic E-state index is 6.08. The molecule has 0 radical (unpaired) electrons. The number of benzene rings is 2. The van der Waals surface area contributed by atoms with Gasteiger partial charge in [-0.15, -0.1) is 0 Å². The van der Waals surface area contributed by atoms with Crippen molar-refractivity contribution in [3.05, 3.63) is 57.0 Å². The maximum Gasteiger partial charge on any atom is 0.175 e. The Morgan fingerprint density at radius 2 is 1.63 bits per heavy atom. The summed E-state index contributed by atoms with van der Waals surface area (Å²) in [7, 11) is 1.70. The summed E-state index contributed by atoms with van der Waals surface area (Å²) in [6, 6.07) is 12.0. The number of halogens is 2. The predicted octanol–water partition coefficient (Wildman–Crippen LogP) is 6.75. The molecule has 2 aromatic rings. The van der Waals surface area contributed by atoms with Crippen molar-refractivity contribution < 1.29 is 9.47 Å². The molecule has 5 heteroatoms. The van der Waals surface area contributed by atoms with E-state index in [9.17, 15) is 0 Å². The fraction of sp³-hybridized carbons (Fsp3) is 0.520. The molecule has 2 aromatic carbocycles. The Bertz CT molecular complexity index is 879. The van der Waals surface area contributed by atoms with Gasteiger partial charge < -0.3 is 14.8 Å². The van der Waals surface area contributed by atoms with E-state index < -0.39 is 0 Å². The van der Waals surface area contributed by atoms with Gasteiger partial charge >= 0.3 is 0 Å². The van der Waals surface area contributed by atoms with Gasteiger partial charge in [0, 0.05) is 17.1 Å². The van der Waals surface area contributed by atoms with Crippen LogP contribution in [0.5, 0.6) is 11.5 Å². The lowest BCUT2D eigenvalue weighted by Crippen LogP contribution is -2.58. The molecule has 4 aliphatic rings. The summed E-state index contributed by atoms with van der Waals surface area (Å²) in [5.41, 5.74) is 2.66. The van der Waals surface area contributed by atoms with Gasteiger partial charge in [0.25, 0.3) is 0 Å². The van der Waals surface area contributed by atoms with Crippen LogP contribution in [-0.4, -0.2) is 12.6 Å². The lowest BCUT2D eigenvalue weighted by atomic mass is 9.53. The van der Waals surface area contributed by atoms with Crippen molar-refractivity contribution in [3.8, 4) is 11.5 Å². The third kappa shape index (κ3) is 4.24. The molecule has 0 amide bonds. The van der Waals surface area contributed by atoms with Gasteiger partial charge in [-0.3, -0.25) is 0 Å². The number of methoxy groups -OCH3 is 1. The third-order valence-electron chi connectivity index (χ3n) is 7.29. The number of hydrogen-bond acceptors (Lipinski definition) is 3. The minimum absolute atomic E-state index is 0.359. The fourth-order valence-electron chi connectivity index (χ4n) is 6.37. The average molecular weight is 491 g/mol. The van der Waals surface area contributed by atoms with E-state index in [-0.39, 0.29) is 0 Å². The molecule has 3 nitrogen and oxygen atoms in total. The van der Waals surface area contributed by atoms with Crippen molar-refractivity contribution in [2.24, 2.45) is 17.8 Å². The second-order valence-electron chi connectivity index (χ2n) is 9.58. The Kier molecular flexibility index (Phi) is 5.76. The minimum atomic E-state index is 0.359. The summed E-state index contributed by atoms with van der Waals surface area (Å²) in [6.07, 6.45) is 8.50. The first kappa shape index (κ1) is 20.7. The Balaban J connectivity index is 1.27. The summed E-state index contributed by atoms with van der Waals surface area (Å²) >= 11 is 9.68. The van der Waals surface area contributed by atoms with Crippen LogP contribution in [0.4, 0.5) is 0 Å². The van der Waals surface area contributed by atoms with Crippen LogP contribution in [-0.2, 0) is 13.2 Å². The van der Waals surface area contributed by atoms with Gasteiger partial charge in [0.2, 0.25) is 0 Å². The minimum Gasteiger partial charge on any atom is -0.493 e. The zero-order valence-corrected chi connectivity index (χ0v) is 19.8. The van der Waals surface area contributed by atoms with Gasteiger partial charge in [0.15, 0.2) is 11.5 Å². The van der Waals surface area contributed by atoms with Gasteiger partial charge in [-0.1, -0.05) is 23.7 Å². The highest BCUT2D eigenvalue weighted by Gasteiger charge is 2.50. The summed E-state index contributed by atoms with van der Waals surface area (Å²) in [5, 5.41) is 4.70. The van der Waals surface area contributed by atoms with E-state index in [1.54, 1.807) is 7.11 Å². The highest BCUT2D eigenvalue weighted by molar-refractivity contribution is 9.10. The van der Waals surface area contributed by atoms with E-state index in [1.807, 2.05) is 24.3 Å². The Hall–Kier alpha value is -1.23. The van der Waals surface area contributed by atoms with Crippen molar-refractivity contribution in [2.75, 3.05) is 7.11 Å². The lowest BCUT2D eigenvalue weighted by molar-refractivity contribution is -0.0206. The highest BCUT2D eigenvalue weighted by atomic mass is 79.9. The van der Waals surface area contributed by atoms with Gasteiger partial charge in [-0.05, 0) is 108 Å². The maximum absolute atomic E-state index is 6.08. The van der Waals surface area contributed by atoms with Crippen LogP contribution >= 0.6 is 27.5 Å². The number of nitrogens with one attached hydrogen (secondary N) is 1. The van der Waals surface area contributed by atoms with Crippen molar-refractivity contribution in [1.82, 2.24) is 5.32 Å². The molecule has 0 heterocycles. The van der Waals surface area contributed by atoms with Crippen LogP contribution in [0.3, 0.4) is 0 Å². The van der Waals surface area contributed by atoms with E-state index in [0.717, 1.165) is 50.9 Å². The Labute approximate surface area is 192 Å². The van der Waals surface area contributed by atoms with E-state index in [2.05, 4.69) is 33.4 Å². The van der Waals surface area contributed by atoms with Gasteiger partial charge in [0.05, 0.1) is 11.6 Å². The summed E-state index contributed by atoms with van der Waals surface area (Å²) in [5.74, 6) is 4.36. The second kappa shape index (κ2) is 8.37. The molecular weight excluding hydrogens is 462 g/mol. The fourth-order valence-corrected chi connectivity index (χ4v) is 7.10. The quantitative estimate of drug-likeness (QED) is 0.466. The van der Waals surface area contributed by atoms with Crippen LogP contribution in [0.1, 0.15) is 49.7 Å². The molecule has 0 atom stereocenters. The Morgan fingerprint density at radius 3 is 2.23 bits per heavy atom. The van der Waals surface area contributed by atoms with Gasteiger partial charge in [0.1, 0.15) is 6.61 Å². The third-order valence-corrected chi connectivity index (χ3v) is 8.13. The van der Waals surface area contributed by atoms with Crippen molar-refractivity contribution in [3.63, 3.8) is 0 Å². The molecule has 0 spiro atoms. The monoisotopic (exact) mass is 489 g/mol. The molecule has 30 heavy (non-hydrogen) atoms. The molecule has 4 fully saturated rings. The lowest BCUT2D eigenvalue weighted by Gasteiger charge is -2.57. The molecule has 0 aromatic heterocycles. The van der Waals surface area contributed by atoms with Crippen molar-refractivity contribution >= 4 is 27.5 Å². The standard InChI is InChI=1S/C25H29BrClNO2/c1-29-23-10-20(9-22(26)24(23)30-15-16-2-4-21(27)5-3-16)14-28-25-11-17-6-18(12-25)8-19(7-17)13-25/h2-5,9-10,17-19,28H,6-8,11-15H2,1H3. The van der Waals surface area contributed by atoms with E-state index in [1.165, 1.54) is 44.1 Å². The van der Waals surface area contributed by atoms with E-state index >= 15 is 0 Å². The molecule has 1 N–H and O–H groups in total. The summed E-state index contributed by atoms with van der Waals surface area (Å²) in [4.78, 5) is 0. The van der Waals surface area contributed by atoms with Crippen LogP contribution in [0.15, 0.2) is 40.9 Å². The number of rotatable bonds is 7. The first-order valence-corrected chi connectivity index (χ1v) is 12.2. The van der Waals surface area contributed by atoms with Crippen molar-refractivity contribution in [2.45, 2.75) is 57.2 Å². The zero-order chi connectivity index (χ0) is 20.7. The molecule has 6 rings (SSSR count). The van der Waals surface area contributed by atoms with E-state index in [4.69, 9.17) is 21.1 Å². The predicted molar refractivity (Wildman–Crippen MR) is 124 cm³/mol. The van der Waals surface area contributed by atoms with Crippen molar-refractivity contribution in [1.29, 1.82) is 0 Å². The smallest absolute Gasteiger partial charge is 0.175 e. The molecule has 0 saturated heterocycles. The van der Waals surface area contributed by atoms with Crippen LogP contribution < -0.4 is 14.8 Å². The van der Waals surface area contributed by atoms with Crippen LogP contribution in [0, 0.1) is 17.8 Å². The molecule has 4 saturated carbocycles. The highest BCUT2D eigenvalue weighted by Crippen LogP contribution is 2.55. The molecule has 4 aliphatic carbocycles. The Morgan fingerprint density at radius 1 is 1.00 bits per heavy atom. The average Bonchev–Trinajstić information content (AvgIpc) is 2.71. The summed E-state index contributed by atoms with van der Waals surface area (Å²) < 4.78 is 12.7. The molecule has 0 unspecified atom stereocenters. The van der Waals surface area contributed by atoms with Gasteiger partial charge in [-0.25, -0.2) is 0 Å². The topological polar surface area (TPSA) is 30.5 Å². The zero-order valence-electron chi connectivity index (χ0n) is 17.4. The number of hydrogen-bond donors (Lipinski definition) is 1. The molecule has 160 valence electrons. The molecule has 0 aliphatic heterocycles. The largest absolute Gasteiger partial charge is 0.493 e. The number of ether oxygens (including phenoxy) is 2. The van der Waals surface area contributed by atoms with Crippen LogP contribution in [0.2, 0.25) is 5.02 Å².